The standard InChI is InChI=1S/C15H18N4O4/c1-8-4-5-11-9(6-8)12(18-23-11)14(20)17-10-7-16-19(2)13(10)15(21)22-3/h7-8H,4-6H2,1-3H3,(H,17,20). The van der Waals surface area contributed by atoms with E-state index < -0.39 is 11.9 Å². The van der Waals surface area contributed by atoms with Gasteiger partial charge in [0.05, 0.1) is 19.0 Å². The van der Waals surface area contributed by atoms with E-state index in [0.29, 0.717) is 5.92 Å². The number of anilines is 1. The fourth-order valence-electron chi connectivity index (χ4n) is 2.81. The van der Waals surface area contributed by atoms with Gasteiger partial charge in [0.25, 0.3) is 5.91 Å². The van der Waals surface area contributed by atoms with Crippen LogP contribution in [0.15, 0.2) is 10.7 Å². The van der Waals surface area contributed by atoms with Gasteiger partial charge in [0.15, 0.2) is 11.4 Å². The van der Waals surface area contributed by atoms with Crippen molar-refractivity contribution in [1.82, 2.24) is 14.9 Å². The fourth-order valence-corrected chi connectivity index (χ4v) is 2.81. The van der Waals surface area contributed by atoms with E-state index in [0.717, 1.165) is 30.6 Å². The molecule has 0 saturated carbocycles. The Bertz CT molecular complexity index is 762. The number of aromatic nitrogens is 3. The largest absolute Gasteiger partial charge is 0.464 e. The maximum Gasteiger partial charge on any atom is 0.358 e. The van der Waals surface area contributed by atoms with Crippen LogP contribution in [0.5, 0.6) is 0 Å². The zero-order chi connectivity index (χ0) is 16.6. The maximum absolute atomic E-state index is 12.5. The van der Waals surface area contributed by atoms with E-state index in [4.69, 9.17) is 9.26 Å². The lowest BCUT2D eigenvalue weighted by atomic mass is 9.88. The summed E-state index contributed by atoms with van der Waals surface area (Å²) in [7, 11) is 2.87. The van der Waals surface area contributed by atoms with Crippen LogP contribution >= 0.6 is 0 Å². The zero-order valence-corrected chi connectivity index (χ0v) is 13.3. The Kier molecular flexibility index (Phi) is 3.89. The summed E-state index contributed by atoms with van der Waals surface area (Å²) in [6, 6.07) is 0. The Morgan fingerprint density at radius 2 is 2.26 bits per heavy atom. The van der Waals surface area contributed by atoms with Crippen molar-refractivity contribution in [1.29, 1.82) is 0 Å². The summed E-state index contributed by atoms with van der Waals surface area (Å²) < 4.78 is 11.3. The third-order valence-electron chi connectivity index (χ3n) is 4.07. The lowest BCUT2D eigenvalue weighted by Gasteiger charge is -2.16. The highest BCUT2D eigenvalue weighted by molar-refractivity contribution is 6.07. The van der Waals surface area contributed by atoms with Gasteiger partial charge in [0, 0.05) is 19.0 Å². The molecule has 1 atom stereocenters. The van der Waals surface area contributed by atoms with Crippen molar-refractivity contribution >= 4 is 17.6 Å². The SMILES string of the molecule is COC(=O)c1c(NC(=O)c2noc3c2CC(C)CC3)cnn1C. The molecule has 0 saturated heterocycles. The molecule has 0 fully saturated rings. The Morgan fingerprint density at radius 1 is 1.48 bits per heavy atom. The molecule has 0 aromatic carbocycles. The Labute approximate surface area is 132 Å². The molecular weight excluding hydrogens is 300 g/mol. The third-order valence-corrected chi connectivity index (χ3v) is 4.07. The lowest BCUT2D eigenvalue weighted by Crippen LogP contribution is -2.19. The van der Waals surface area contributed by atoms with Crippen LogP contribution in [0.25, 0.3) is 0 Å². The maximum atomic E-state index is 12.5. The highest BCUT2D eigenvalue weighted by Gasteiger charge is 2.28. The number of fused-ring (bicyclic) bond motifs is 1. The van der Waals surface area contributed by atoms with Gasteiger partial charge in [-0.25, -0.2) is 4.79 Å². The van der Waals surface area contributed by atoms with Crippen molar-refractivity contribution in [2.45, 2.75) is 26.2 Å². The Balaban J connectivity index is 1.86. The van der Waals surface area contributed by atoms with Crippen LogP contribution in [0.1, 0.15) is 45.6 Å². The molecule has 122 valence electrons. The van der Waals surface area contributed by atoms with Crippen LogP contribution in [0.4, 0.5) is 5.69 Å². The highest BCUT2D eigenvalue weighted by Crippen LogP contribution is 2.28. The minimum Gasteiger partial charge on any atom is -0.464 e. The fraction of sp³-hybridized carbons (Fsp3) is 0.467. The van der Waals surface area contributed by atoms with Gasteiger partial charge in [-0.15, -0.1) is 0 Å². The van der Waals surface area contributed by atoms with Crippen molar-refractivity contribution < 1.29 is 18.8 Å². The summed E-state index contributed by atoms with van der Waals surface area (Å²) in [6.45, 7) is 2.13. The van der Waals surface area contributed by atoms with Crippen molar-refractivity contribution in [3.05, 3.63) is 28.9 Å². The third kappa shape index (κ3) is 2.71. The second-order valence-electron chi connectivity index (χ2n) is 5.76. The van der Waals surface area contributed by atoms with Gasteiger partial charge < -0.3 is 14.6 Å². The first kappa shape index (κ1) is 15.3. The van der Waals surface area contributed by atoms with Gasteiger partial charge in [0.2, 0.25) is 0 Å². The molecule has 0 radical (unpaired) electrons. The first-order valence-corrected chi connectivity index (χ1v) is 7.40. The van der Waals surface area contributed by atoms with Gasteiger partial charge in [0.1, 0.15) is 5.76 Å². The molecule has 8 nitrogen and oxygen atoms in total. The molecule has 0 bridgehead atoms. The van der Waals surface area contributed by atoms with Crippen molar-refractivity contribution in [2.75, 3.05) is 12.4 Å². The molecule has 8 heteroatoms. The number of carbonyl (C=O) groups excluding carboxylic acids is 2. The molecule has 1 amide bonds. The minimum absolute atomic E-state index is 0.173. The molecule has 0 spiro atoms. The second-order valence-corrected chi connectivity index (χ2v) is 5.76. The second kappa shape index (κ2) is 5.86. The van der Waals surface area contributed by atoms with Gasteiger partial charge in [-0.2, -0.15) is 5.10 Å². The van der Waals surface area contributed by atoms with E-state index >= 15 is 0 Å². The number of esters is 1. The molecule has 3 rings (SSSR count). The number of amides is 1. The molecule has 2 aromatic rings. The van der Waals surface area contributed by atoms with E-state index in [-0.39, 0.29) is 17.1 Å². The van der Waals surface area contributed by atoms with E-state index in [9.17, 15) is 9.59 Å². The molecule has 1 aliphatic carbocycles. The number of hydrogen-bond donors (Lipinski definition) is 1. The van der Waals surface area contributed by atoms with Gasteiger partial charge in [-0.05, 0) is 18.8 Å². The van der Waals surface area contributed by atoms with E-state index in [1.54, 1.807) is 7.05 Å². The number of ether oxygens (including phenoxy) is 1. The number of hydrogen-bond acceptors (Lipinski definition) is 6. The van der Waals surface area contributed by atoms with Gasteiger partial charge in [-0.3, -0.25) is 9.48 Å². The minimum atomic E-state index is -0.573. The van der Waals surface area contributed by atoms with E-state index in [1.807, 2.05) is 0 Å². The first-order chi connectivity index (χ1) is 11.0. The Hall–Kier alpha value is -2.64. The normalized spacial score (nSPS) is 16.7. The number of rotatable bonds is 3. The monoisotopic (exact) mass is 318 g/mol. The lowest BCUT2D eigenvalue weighted by molar-refractivity contribution is 0.0589. The van der Waals surface area contributed by atoms with Gasteiger partial charge >= 0.3 is 5.97 Å². The molecule has 2 heterocycles. The smallest absolute Gasteiger partial charge is 0.358 e. The summed E-state index contributed by atoms with van der Waals surface area (Å²) in [5.41, 5.74) is 1.58. The van der Waals surface area contributed by atoms with Crippen LogP contribution in [0.2, 0.25) is 0 Å². The quantitative estimate of drug-likeness (QED) is 0.862. The van der Waals surface area contributed by atoms with Gasteiger partial charge in [-0.1, -0.05) is 12.1 Å². The molecule has 1 N–H and O–H groups in total. The van der Waals surface area contributed by atoms with Crippen LogP contribution in [-0.2, 0) is 24.6 Å². The van der Waals surface area contributed by atoms with Crippen molar-refractivity contribution in [2.24, 2.45) is 13.0 Å². The predicted molar refractivity (Wildman–Crippen MR) is 80.2 cm³/mol. The molecule has 1 aliphatic rings. The highest BCUT2D eigenvalue weighted by atomic mass is 16.5. The van der Waals surface area contributed by atoms with Crippen molar-refractivity contribution in [3.8, 4) is 0 Å². The summed E-state index contributed by atoms with van der Waals surface area (Å²) in [5, 5.41) is 10.5. The van der Waals surface area contributed by atoms with Crippen LogP contribution in [0, 0.1) is 5.92 Å². The average molecular weight is 318 g/mol. The van der Waals surface area contributed by atoms with Crippen LogP contribution < -0.4 is 5.32 Å². The van der Waals surface area contributed by atoms with E-state index in [1.165, 1.54) is 18.0 Å². The molecule has 23 heavy (non-hydrogen) atoms. The van der Waals surface area contributed by atoms with Crippen molar-refractivity contribution in [3.63, 3.8) is 0 Å². The molecule has 2 aromatic heterocycles. The Morgan fingerprint density at radius 3 is 3.00 bits per heavy atom. The molecular formula is C15H18N4O4. The number of aryl methyl sites for hydroxylation is 2. The summed E-state index contributed by atoms with van der Waals surface area (Å²) in [4.78, 5) is 24.3. The topological polar surface area (TPSA) is 99.2 Å². The molecule has 0 aliphatic heterocycles. The number of methoxy groups -OCH3 is 1. The number of carbonyl (C=O) groups is 2. The van der Waals surface area contributed by atoms with E-state index in [2.05, 4.69) is 22.5 Å². The van der Waals surface area contributed by atoms with Crippen LogP contribution in [0.3, 0.4) is 0 Å². The van der Waals surface area contributed by atoms with Crippen LogP contribution in [-0.4, -0.2) is 33.9 Å². The molecule has 1 unspecified atom stereocenters. The summed E-state index contributed by atoms with van der Waals surface area (Å²) in [6.07, 6.45) is 3.98. The average Bonchev–Trinajstić information content (AvgIpc) is 3.10. The predicted octanol–water partition coefficient (Wildman–Crippen LogP) is 1.57. The number of nitrogens with zero attached hydrogens (tertiary/aromatic N) is 3. The first-order valence-electron chi connectivity index (χ1n) is 7.40. The number of nitrogens with one attached hydrogen (secondary N) is 1. The summed E-state index contributed by atoms with van der Waals surface area (Å²) in [5.74, 6) is 0.267. The zero-order valence-electron chi connectivity index (χ0n) is 13.3. The summed E-state index contributed by atoms with van der Waals surface area (Å²) >= 11 is 0.